The Morgan fingerprint density at radius 3 is 2.52 bits per heavy atom. The molecule has 6 heteroatoms. The number of rotatable bonds is 2. The molecule has 1 unspecified atom stereocenters. The average molecular weight is 293 g/mol. The molecule has 0 fully saturated rings. The lowest BCUT2D eigenvalue weighted by Gasteiger charge is -2.27. The lowest BCUT2D eigenvalue weighted by Crippen LogP contribution is -2.45. The monoisotopic (exact) mass is 293 g/mol. The van der Waals surface area contributed by atoms with Crippen molar-refractivity contribution in [2.24, 2.45) is 0 Å². The summed E-state index contributed by atoms with van der Waals surface area (Å²) in [4.78, 5) is 25.0. The molecule has 114 valence electrons. The molecule has 1 N–H and O–H groups in total. The van der Waals surface area contributed by atoms with E-state index in [0.717, 1.165) is 0 Å². The largest absolute Gasteiger partial charge is 0.496 e. The molecule has 2 rings (SSSR count). The van der Waals surface area contributed by atoms with E-state index in [4.69, 9.17) is 9.47 Å². The van der Waals surface area contributed by atoms with E-state index in [1.54, 1.807) is 39.0 Å². The summed E-state index contributed by atoms with van der Waals surface area (Å²) in [5.41, 5.74) is 0.538. The van der Waals surface area contributed by atoms with Crippen molar-refractivity contribution in [1.82, 2.24) is 0 Å². The van der Waals surface area contributed by atoms with E-state index in [1.807, 2.05) is 0 Å². The van der Waals surface area contributed by atoms with Crippen LogP contribution in [0.25, 0.3) is 0 Å². The van der Waals surface area contributed by atoms with Gasteiger partial charge in [0.1, 0.15) is 17.4 Å². The molecule has 6 nitrogen and oxygen atoms in total. The van der Waals surface area contributed by atoms with Gasteiger partial charge in [0.15, 0.2) is 0 Å². The van der Waals surface area contributed by atoms with Crippen LogP contribution >= 0.6 is 0 Å². The maximum Gasteiger partial charge on any atom is 0.415 e. The van der Waals surface area contributed by atoms with Crippen LogP contribution in [0.4, 0.5) is 10.5 Å². The summed E-state index contributed by atoms with van der Waals surface area (Å²) in [6.07, 6.45) is -0.463. The first-order valence-corrected chi connectivity index (χ1v) is 6.65. The van der Waals surface area contributed by atoms with Crippen LogP contribution < -0.4 is 9.64 Å². The molecule has 0 bridgehead atoms. The van der Waals surface area contributed by atoms with Gasteiger partial charge in [-0.25, -0.2) is 9.59 Å². The Balaban J connectivity index is 2.43. The first-order valence-electron chi connectivity index (χ1n) is 6.65. The summed E-state index contributed by atoms with van der Waals surface area (Å²) in [5.74, 6) is -0.496. The predicted octanol–water partition coefficient (Wildman–Crippen LogP) is 2.45. The van der Waals surface area contributed by atoms with E-state index in [9.17, 15) is 14.7 Å². The van der Waals surface area contributed by atoms with Gasteiger partial charge in [-0.05, 0) is 32.9 Å². The van der Waals surface area contributed by atoms with E-state index in [1.165, 1.54) is 12.0 Å². The van der Waals surface area contributed by atoms with Crippen LogP contribution in [0.1, 0.15) is 26.3 Å². The fraction of sp³-hybridized carbons (Fsp3) is 0.467. The van der Waals surface area contributed by atoms with Gasteiger partial charge >= 0.3 is 12.1 Å². The highest BCUT2D eigenvalue weighted by Gasteiger charge is 2.41. The smallest absolute Gasteiger partial charge is 0.415 e. The summed E-state index contributed by atoms with van der Waals surface area (Å²) in [6.45, 7) is 5.22. The zero-order valence-corrected chi connectivity index (χ0v) is 12.5. The number of carbonyl (C=O) groups excluding carboxylic acids is 1. The number of ether oxygens (including phenoxy) is 2. The summed E-state index contributed by atoms with van der Waals surface area (Å²) in [5, 5.41) is 9.38. The standard InChI is InChI=1S/C15H19NO5/c1-15(2,3)21-14(19)16-10-6-5-7-12(20-4)9(10)8-11(16)13(17)18/h5-7,11H,8H2,1-4H3,(H,17,18). The molecule has 21 heavy (non-hydrogen) atoms. The first kappa shape index (κ1) is 15.2. The van der Waals surface area contributed by atoms with Crippen LogP contribution in [0.5, 0.6) is 5.75 Å². The first-order chi connectivity index (χ1) is 9.74. The highest BCUT2D eigenvalue weighted by atomic mass is 16.6. The molecule has 1 atom stereocenters. The molecular formula is C15H19NO5. The third-order valence-corrected chi connectivity index (χ3v) is 3.17. The number of nitrogens with zero attached hydrogens (tertiary/aromatic N) is 1. The Labute approximate surface area is 123 Å². The Kier molecular flexibility index (Phi) is 3.80. The number of methoxy groups -OCH3 is 1. The lowest BCUT2D eigenvalue weighted by atomic mass is 10.1. The topological polar surface area (TPSA) is 76.1 Å². The number of benzene rings is 1. The summed E-state index contributed by atoms with van der Waals surface area (Å²) in [7, 11) is 1.52. The molecule has 1 aliphatic heterocycles. The van der Waals surface area contributed by atoms with Crippen molar-refractivity contribution in [2.45, 2.75) is 38.8 Å². The fourth-order valence-electron chi connectivity index (χ4n) is 2.36. The number of carboxylic acid groups (broad SMARTS) is 1. The second kappa shape index (κ2) is 5.27. The van der Waals surface area contributed by atoms with E-state index < -0.39 is 23.7 Å². The van der Waals surface area contributed by atoms with Gasteiger partial charge in [0.2, 0.25) is 0 Å². The number of hydrogen-bond donors (Lipinski definition) is 1. The second-order valence-electron chi connectivity index (χ2n) is 5.87. The normalized spacial score (nSPS) is 17.3. The zero-order chi connectivity index (χ0) is 15.8. The number of anilines is 1. The molecule has 0 aliphatic carbocycles. The highest BCUT2D eigenvalue weighted by Crippen LogP contribution is 2.39. The number of carboxylic acids is 1. The van der Waals surface area contributed by atoms with Crippen molar-refractivity contribution in [3.05, 3.63) is 23.8 Å². The van der Waals surface area contributed by atoms with E-state index in [2.05, 4.69) is 0 Å². The van der Waals surface area contributed by atoms with Gasteiger partial charge in [-0.2, -0.15) is 0 Å². The quantitative estimate of drug-likeness (QED) is 0.906. The van der Waals surface area contributed by atoms with Crippen molar-refractivity contribution < 1.29 is 24.2 Å². The molecule has 1 aromatic carbocycles. The number of amides is 1. The van der Waals surface area contributed by atoms with Gasteiger partial charge in [0.05, 0.1) is 12.8 Å². The predicted molar refractivity (Wildman–Crippen MR) is 76.8 cm³/mol. The third-order valence-electron chi connectivity index (χ3n) is 3.17. The lowest BCUT2D eigenvalue weighted by molar-refractivity contribution is -0.138. The van der Waals surface area contributed by atoms with Crippen molar-refractivity contribution in [3.63, 3.8) is 0 Å². The molecule has 0 radical (unpaired) electrons. The number of carbonyl (C=O) groups is 2. The summed E-state index contributed by atoms with van der Waals surface area (Å²) < 4.78 is 10.6. The minimum Gasteiger partial charge on any atom is -0.496 e. The average Bonchev–Trinajstić information content (AvgIpc) is 2.75. The van der Waals surface area contributed by atoms with E-state index in [-0.39, 0.29) is 6.42 Å². The second-order valence-corrected chi connectivity index (χ2v) is 5.87. The van der Waals surface area contributed by atoms with Crippen molar-refractivity contribution in [1.29, 1.82) is 0 Å². The molecule has 1 heterocycles. The number of fused-ring (bicyclic) bond motifs is 1. The SMILES string of the molecule is COc1cccc2c1CC(C(=O)O)N2C(=O)OC(C)(C)C. The van der Waals surface area contributed by atoms with Crippen LogP contribution in [0.2, 0.25) is 0 Å². The van der Waals surface area contributed by atoms with Gasteiger partial charge in [-0.3, -0.25) is 4.90 Å². The van der Waals surface area contributed by atoms with Crippen molar-refractivity contribution in [2.75, 3.05) is 12.0 Å². The molecule has 1 amide bonds. The summed E-state index contributed by atoms with van der Waals surface area (Å²) in [6, 6.07) is 4.19. The van der Waals surface area contributed by atoms with Gasteiger partial charge in [-0.1, -0.05) is 6.07 Å². The molecule has 0 saturated heterocycles. The highest BCUT2D eigenvalue weighted by molar-refractivity contribution is 5.99. The molecular weight excluding hydrogens is 274 g/mol. The van der Waals surface area contributed by atoms with Crippen LogP contribution in [0.3, 0.4) is 0 Å². The Hall–Kier alpha value is -2.24. The zero-order valence-electron chi connectivity index (χ0n) is 12.5. The Morgan fingerprint density at radius 2 is 2.00 bits per heavy atom. The van der Waals surface area contributed by atoms with Crippen LogP contribution in [0, 0.1) is 0 Å². The minimum absolute atomic E-state index is 0.202. The molecule has 0 aromatic heterocycles. The molecule has 0 spiro atoms. The Bertz CT molecular complexity index is 576. The number of aliphatic carboxylic acids is 1. The number of hydrogen-bond acceptors (Lipinski definition) is 4. The third kappa shape index (κ3) is 2.94. The van der Waals surface area contributed by atoms with Crippen molar-refractivity contribution >= 4 is 17.7 Å². The Morgan fingerprint density at radius 1 is 1.33 bits per heavy atom. The van der Waals surface area contributed by atoms with Crippen LogP contribution in [0.15, 0.2) is 18.2 Å². The fourth-order valence-corrected chi connectivity index (χ4v) is 2.36. The van der Waals surface area contributed by atoms with Gasteiger partial charge < -0.3 is 14.6 Å². The minimum atomic E-state index is -1.07. The molecule has 1 aromatic rings. The van der Waals surface area contributed by atoms with Gasteiger partial charge in [-0.15, -0.1) is 0 Å². The maximum absolute atomic E-state index is 12.3. The summed E-state index contributed by atoms with van der Waals surface area (Å²) >= 11 is 0. The van der Waals surface area contributed by atoms with Gasteiger partial charge in [0.25, 0.3) is 0 Å². The molecule has 0 saturated carbocycles. The van der Waals surface area contributed by atoms with Crippen molar-refractivity contribution in [3.8, 4) is 5.75 Å². The molecule has 1 aliphatic rings. The van der Waals surface area contributed by atoms with Crippen LogP contribution in [-0.4, -0.2) is 35.9 Å². The maximum atomic E-state index is 12.3. The van der Waals surface area contributed by atoms with E-state index in [0.29, 0.717) is 17.0 Å². The van der Waals surface area contributed by atoms with E-state index >= 15 is 0 Å². The van der Waals surface area contributed by atoms with Crippen LogP contribution in [-0.2, 0) is 16.0 Å². The van der Waals surface area contributed by atoms with Gasteiger partial charge in [0, 0.05) is 12.0 Å².